The van der Waals surface area contributed by atoms with E-state index in [0.717, 1.165) is 46.4 Å². The number of anilines is 1. The van der Waals surface area contributed by atoms with Crippen LogP contribution >= 0.6 is 0 Å². The summed E-state index contributed by atoms with van der Waals surface area (Å²) in [6, 6.07) is 10.6. The number of nitrogens with zero attached hydrogens (tertiary/aromatic N) is 6. The first-order chi connectivity index (χ1) is 17.2. The SMILES string of the molecule is Fc1cccc(-c2cncc3[nH]c(-c4n[nH]c5ncc(-c6cncc(N7CCC7)c6)cc45)nc23)c1. The second-order valence-corrected chi connectivity index (χ2v) is 8.64. The molecule has 0 bridgehead atoms. The maximum Gasteiger partial charge on any atom is 0.159 e. The molecule has 9 heteroatoms. The van der Waals surface area contributed by atoms with Gasteiger partial charge < -0.3 is 9.88 Å². The van der Waals surface area contributed by atoms with Crippen LogP contribution in [0.25, 0.3) is 55.8 Å². The fourth-order valence-corrected chi connectivity index (χ4v) is 4.49. The Morgan fingerprint density at radius 3 is 2.63 bits per heavy atom. The average molecular weight is 462 g/mol. The Kier molecular flexibility index (Phi) is 4.35. The molecule has 1 aromatic carbocycles. The van der Waals surface area contributed by atoms with Gasteiger partial charge in [-0.15, -0.1) is 0 Å². The van der Waals surface area contributed by atoms with Crippen molar-refractivity contribution < 1.29 is 4.39 Å². The monoisotopic (exact) mass is 462 g/mol. The molecule has 1 saturated heterocycles. The molecule has 0 saturated carbocycles. The largest absolute Gasteiger partial charge is 0.370 e. The van der Waals surface area contributed by atoms with Crippen LogP contribution in [0.2, 0.25) is 0 Å². The zero-order valence-corrected chi connectivity index (χ0v) is 18.5. The normalized spacial score (nSPS) is 13.5. The molecule has 5 aromatic heterocycles. The van der Waals surface area contributed by atoms with Crippen molar-refractivity contribution in [2.24, 2.45) is 0 Å². The van der Waals surface area contributed by atoms with Crippen molar-refractivity contribution in [3.8, 4) is 33.8 Å². The Balaban J connectivity index is 1.33. The van der Waals surface area contributed by atoms with E-state index in [1.165, 1.54) is 18.6 Å². The van der Waals surface area contributed by atoms with Crippen molar-refractivity contribution in [1.29, 1.82) is 0 Å². The highest BCUT2D eigenvalue weighted by Gasteiger charge is 2.18. The van der Waals surface area contributed by atoms with Gasteiger partial charge in [0.05, 0.1) is 34.5 Å². The third-order valence-corrected chi connectivity index (χ3v) is 6.45. The third-order valence-electron chi connectivity index (χ3n) is 6.45. The Morgan fingerprint density at radius 1 is 0.886 bits per heavy atom. The molecular weight excluding hydrogens is 443 g/mol. The minimum absolute atomic E-state index is 0.306. The second kappa shape index (κ2) is 7.69. The van der Waals surface area contributed by atoms with Crippen LogP contribution in [0.1, 0.15) is 6.42 Å². The van der Waals surface area contributed by atoms with Crippen molar-refractivity contribution in [3.63, 3.8) is 0 Å². The van der Waals surface area contributed by atoms with Crippen LogP contribution in [0, 0.1) is 5.82 Å². The van der Waals surface area contributed by atoms with E-state index in [1.807, 2.05) is 24.7 Å². The summed E-state index contributed by atoms with van der Waals surface area (Å²) < 4.78 is 13.8. The molecule has 6 aromatic rings. The number of pyridine rings is 3. The van der Waals surface area contributed by atoms with Gasteiger partial charge in [-0.3, -0.25) is 15.1 Å². The summed E-state index contributed by atoms with van der Waals surface area (Å²) in [6.07, 6.45) is 10.2. The van der Waals surface area contributed by atoms with E-state index in [0.29, 0.717) is 28.2 Å². The van der Waals surface area contributed by atoms with Crippen LogP contribution in [0.5, 0.6) is 0 Å². The van der Waals surface area contributed by atoms with Gasteiger partial charge in [0.2, 0.25) is 0 Å². The highest BCUT2D eigenvalue weighted by Crippen LogP contribution is 2.33. The van der Waals surface area contributed by atoms with E-state index in [4.69, 9.17) is 4.98 Å². The van der Waals surface area contributed by atoms with E-state index in [-0.39, 0.29) is 5.82 Å². The number of nitrogens with one attached hydrogen (secondary N) is 2. The van der Waals surface area contributed by atoms with Gasteiger partial charge in [-0.25, -0.2) is 14.4 Å². The third kappa shape index (κ3) is 3.31. The fourth-order valence-electron chi connectivity index (χ4n) is 4.49. The maximum absolute atomic E-state index is 13.8. The lowest BCUT2D eigenvalue weighted by molar-refractivity contribution is 0.617. The predicted octanol–water partition coefficient (Wildman–Crippen LogP) is 4.97. The summed E-state index contributed by atoms with van der Waals surface area (Å²) >= 11 is 0. The fraction of sp³-hybridized carbons (Fsp3) is 0.115. The second-order valence-electron chi connectivity index (χ2n) is 8.64. The quantitative estimate of drug-likeness (QED) is 0.384. The minimum Gasteiger partial charge on any atom is -0.370 e. The summed E-state index contributed by atoms with van der Waals surface area (Å²) in [6.45, 7) is 2.12. The summed E-state index contributed by atoms with van der Waals surface area (Å²) in [5.74, 6) is 0.281. The van der Waals surface area contributed by atoms with E-state index in [2.05, 4.69) is 47.2 Å². The number of aromatic nitrogens is 7. The molecule has 8 nitrogen and oxygen atoms in total. The van der Waals surface area contributed by atoms with Gasteiger partial charge in [0.1, 0.15) is 11.5 Å². The van der Waals surface area contributed by atoms with Crippen LogP contribution in [0.4, 0.5) is 10.1 Å². The van der Waals surface area contributed by atoms with Gasteiger partial charge in [-0.1, -0.05) is 12.1 Å². The molecule has 7 rings (SSSR count). The molecule has 35 heavy (non-hydrogen) atoms. The number of hydrogen-bond donors (Lipinski definition) is 2. The molecule has 1 fully saturated rings. The highest BCUT2D eigenvalue weighted by molar-refractivity contribution is 5.96. The number of benzene rings is 1. The van der Waals surface area contributed by atoms with Crippen LogP contribution in [0.3, 0.4) is 0 Å². The lowest BCUT2D eigenvalue weighted by Gasteiger charge is -2.33. The van der Waals surface area contributed by atoms with E-state index >= 15 is 0 Å². The first-order valence-corrected chi connectivity index (χ1v) is 11.4. The van der Waals surface area contributed by atoms with Gasteiger partial charge in [0, 0.05) is 48.4 Å². The Bertz CT molecular complexity index is 1720. The van der Waals surface area contributed by atoms with Crippen LogP contribution in [0.15, 0.2) is 67.4 Å². The van der Waals surface area contributed by atoms with Gasteiger partial charge in [0.25, 0.3) is 0 Å². The first-order valence-electron chi connectivity index (χ1n) is 11.4. The molecule has 0 radical (unpaired) electrons. The predicted molar refractivity (Wildman–Crippen MR) is 132 cm³/mol. The number of H-pyrrole nitrogens is 2. The number of hydrogen-bond acceptors (Lipinski definition) is 6. The highest BCUT2D eigenvalue weighted by atomic mass is 19.1. The van der Waals surface area contributed by atoms with Crippen molar-refractivity contribution in [2.45, 2.75) is 6.42 Å². The van der Waals surface area contributed by atoms with Crippen LogP contribution in [-0.4, -0.2) is 48.2 Å². The van der Waals surface area contributed by atoms with Crippen molar-refractivity contribution >= 4 is 27.8 Å². The summed E-state index contributed by atoms with van der Waals surface area (Å²) in [4.78, 5) is 23.8. The summed E-state index contributed by atoms with van der Waals surface area (Å²) in [7, 11) is 0. The number of rotatable bonds is 4. The first kappa shape index (κ1) is 19.8. The molecule has 0 unspecified atom stereocenters. The zero-order valence-electron chi connectivity index (χ0n) is 18.5. The smallest absolute Gasteiger partial charge is 0.159 e. The molecule has 0 amide bonds. The molecule has 1 aliphatic rings. The zero-order chi connectivity index (χ0) is 23.4. The molecule has 6 heterocycles. The van der Waals surface area contributed by atoms with Crippen LogP contribution in [-0.2, 0) is 0 Å². The standard InChI is InChI=1S/C26H19FN8/c27-18-4-1-3-15(7-18)21-13-29-14-22-23(21)32-26(31-22)24-20-9-17(11-30-25(20)34-33-24)16-8-19(12-28-10-16)35-5-2-6-35/h1,3-4,7-14H,2,5-6H2,(H,31,32)(H,30,33,34). The van der Waals surface area contributed by atoms with Gasteiger partial charge in [0.15, 0.2) is 11.5 Å². The number of aromatic amines is 2. The molecule has 0 aliphatic carbocycles. The number of imidazole rings is 1. The molecule has 170 valence electrons. The van der Waals surface area contributed by atoms with Gasteiger partial charge in [-0.05, 0) is 36.2 Å². The molecule has 1 aliphatic heterocycles. The van der Waals surface area contributed by atoms with Crippen LogP contribution < -0.4 is 4.90 Å². The van der Waals surface area contributed by atoms with Crippen molar-refractivity contribution in [1.82, 2.24) is 35.1 Å². The van der Waals surface area contributed by atoms with Crippen molar-refractivity contribution in [3.05, 3.63) is 73.2 Å². The summed E-state index contributed by atoms with van der Waals surface area (Å²) in [5.41, 5.74) is 7.30. The molecule has 0 spiro atoms. The number of halogens is 1. The van der Waals surface area contributed by atoms with Crippen molar-refractivity contribution in [2.75, 3.05) is 18.0 Å². The van der Waals surface area contributed by atoms with E-state index in [1.54, 1.807) is 18.5 Å². The number of fused-ring (bicyclic) bond motifs is 2. The Labute approximate surface area is 198 Å². The lowest BCUT2D eigenvalue weighted by atomic mass is 10.1. The Morgan fingerprint density at radius 2 is 1.77 bits per heavy atom. The molecule has 2 N–H and O–H groups in total. The average Bonchev–Trinajstić information content (AvgIpc) is 3.46. The molecule has 0 atom stereocenters. The van der Waals surface area contributed by atoms with Gasteiger partial charge >= 0.3 is 0 Å². The minimum atomic E-state index is -0.306. The maximum atomic E-state index is 13.8. The van der Waals surface area contributed by atoms with E-state index < -0.39 is 0 Å². The lowest BCUT2D eigenvalue weighted by Crippen LogP contribution is -2.36. The summed E-state index contributed by atoms with van der Waals surface area (Å²) in [5, 5.41) is 8.34. The van der Waals surface area contributed by atoms with Gasteiger partial charge in [-0.2, -0.15) is 5.10 Å². The van der Waals surface area contributed by atoms with E-state index in [9.17, 15) is 4.39 Å². The topological polar surface area (TPSA) is 99.3 Å². The molecular formula is C26H19FN8. The Hall–Kier alpha value is -4.66.